The zero-order valence-electron chi connectivity index (χ0n) is 11.4. The topological polar surface area (TPSA) is 84.2 Å². The summed E-state index contributed by atoms with van der Waals surface area (Å²) in [6.45, 7) is 1.89. The van der Waals surface area contributed by atoms with Crippen LogP contribution >= 0.6 is 0 Å². The molecule has 7 heteroatoms. The standard InChI is InChI=1S/C13H17N3O3S/c1-10-3-4-14-6-11(10)7-15-20(18,19)13-5-12(9-17)16(2)8-13/h3-6,8,15,17H,7,9H2,1-2H3. The van der Waals surface area contributed by atoms with E-state index in [1.54, 1.807) is 24.0 Å². The van der Waals surface area contributed by atoms with E-state index in [1.807, 2.05) is 13.0 Å². The van der Waals surface area contributed by atoms with Crippen LogP contribution in [0.2, 0.25) is 0 Å². The van der Waals surface area contributed by atoms with Crippen molar-refractivity contribution in [3.05, 3.63) is 47.5 Å². The van der Waals surface area contributed by atoms with Crippen LogP contribution in [0, 0.1) is 6.92 Å². The molecule has 0 radical (unpaired) electrons. The number of aliphatic hydroxyl groups is 1. The number of sulfonamides is 1. The minimum absolute atomic E-state index is 0.144. The molecular weight excluding hydrogens is 278 g/mol. The predicted octanol–water partition coefficient (Wildman–Crippen LogP) is 0.699. The van der Waals surface area contributed by atoms with E-state index in [-0.39, 0.29) is 18.0 Å². The van der Waals surface area contributed by atoms with Gasteiger partial charge in [0.05, 0.1) is 11.5 Å². The number of hydrogen-bond acceptors (Lipinski definition) is 4. The van der Waals surface area contributed by atoms with E-state index in [9.17, 15) is 8.42 Å². The van der Waals surface area contributed by atoms with Gasteiger partial charge in [-0.2, -0.15) is 0 Å². The van der Waals surface area contributed by atoms with Gasteiger partial charge in [0, 0.05) is 37.9 Å². The maximum Gasteiger partial charge on any atom is 0.242 e. The second-order valence-electron chi connectivity index (χ2n) is 4.56. The molecule has 0 atom stereocenters. The van der Waals surface area contributed by atoms with Crippen molar-refractivity contribution in [2.75, 3.05) is 0 Å². The van der Waals surface area contributed by atoms with Crippen LogP contribution in [0.25, 0.3) is 0 Å². The smallest absolute Gasteiger partial charge is 0.242 e. The molecule has 0 unspecified atom stereocenters. The SMILES string of the molecule is Cc1ccncc1CNS(=O)(=O)c1cc(CO)n(C)c1. The Labute approximate surface area is 118 Å². The van der Waals surface area contributed by atoms with Crippen LogP contribution in [0.5, 0.6) is 0 Å². The maximum absolute atomic E-state index is 12.2. The van der Waals surface area contributed by atoms with Crippen molar-refractivity contribution < 1.29 is 13.5 Å². The summed E-state index contributed by atoms with van der Waals surface area (Å²) in [4.78, 5) is 4.12. The largest absolute Gasteiger partial charge is 0.390 e. The lowest BCUT2D eigenvalue weighted by molar-refractivity contribution is 0.272. The number of nitrogens with zero attached hydrogens (tertiary/aromatic N) is 2. The quantitative estimate of drug-likeness (QED) is 0.850. The van der Waals surface area contributed by atoms with Gasteiger partial charge >= 0.3 is 0 Å². The summed E-state index contributed by atoms with van der Waals surface area (Å²) >= 11 is 0. The molecule has 6 nitrogen and oxygen atoms in total. The Morgan fingerprint density at radius 3 is 2.80 bits per heavy atom. The number of pyridine rings is 1. The van der Waals surface area contributed by atoms with E-state index in [0.717, 1.165) is 11.1 Å². The lowest BCUT2D eigenvalue weighted by Crippen LogP contribution is -2.23. The van der Waals surface area contributed by atoms with Gasteiger partial charge in [-0.1, -0.05) is 0 Å². The number of hydrogen-bond donors (Lipinski definition) is 2. The highest BCUT2D eigenvalue weighted by Crippen LogP contribution is 2.14. The lowest BCUT2D eigenvalue weighted by Gasteiger charge is -2.07. The summed E-state index contributed by atoms with van der Waals surface area (Å²) in [5.74, 6) is 0. The first-order valence-corrected chi connectivity index (χ1v) is 7.57. The van der Waals surface area contributed by atoms with E-state index in [4.69, 9.17) is 5.11 Å². The fourth-order valence-electron chi connectivity index (χ4n) is 1.82. The third kappa shape index (κ3) is 3.06. The van der Waals surface area contributed by atoms with Gasteiger partial charge in [0.15, 0.2) is 0 Å². The summed E-state index contributed by atoms with van der Waals surface area (Å²) < 4.78 is 28.5. The van der Waals surface area contributed by atoms with Gasteiger partial charge in [-0.15, -0.1) is 0 Å². The normalized spacial score (nSPS) is 11.8. The van der Waals surface area contributed by atoms with Crippen molar-refractivity contribution in [2.24, 2.45) is 7.05 Å². The molecule has 0 aliphatic rings. The Bertz CT molecular complexity index is 707. The van der Waals surface area contributed by atoms with Gasteiger partial charge in [-0.25, -0.2) is 13.1 Å². The van der Waals surface area contributed by atoms with Crippen molar-refractivity contribution in [1.29, 1.82) is 0 Å². The molecule has 0 bridgehead atoms. The first-order chi connectivity index (χ1) is 9.44. The zero-order valence-corrected chi connectivity index (χ0v) is 12.2. The van der Waals surface area contributed by atoms with Crippen LogP contribution in [-0.2, 0) is 30.2 Å². The Hall–Kier alpha value is -1.70. The lowest BCUT2D eigenvalue weighted by atomic mass is 10.2. The van der Waals surface area contributed by atoms with Crippen LogP contribution in [0.4, 0.5) is 0 Å². The first kappa shape index (κ1) is 14.7. The third-order valence-corrected chi connectivity index (χ3v) is 4.52. The summed E-state index contributed by atoms with van der Waals surface area (Å²) in [6, 6.07) is 3.29. The summed E-state index contributed by atoms with van der Waals surface area (Å²) in [5, 5.41) is 9.10. The molecule has 2 aromatic rings. The average molecular weight is 295 g/mol. The highest BCUT2D eigenvalue weighted by molar-refractivity contribution is 7.89. The first-order valence-electron chi connectivity index (χ1n) is 6.09. The summed E-state index contributed by atoms with van der Waals surface area (Å²) in [5.41, 5.74) is 2.35. The van der Waals surface area contributed by atoms with Crippen molar-refractivity contribution in [3.63, 3.8) is 0 Å². The molecule has 0 aromatic carbocycles. The number of aromatic nitrogens is 2. The molecule has 0 spiro atoms. The molecule has 2 N–H and O–H groups in total. The van der Waals surface area contributed by atoms with Gasteiger partial charge in [-0.3, -0.25) is 4.98 Å². The van der Waals surface area contributed by atoms with Crippen molar-refractivity contribution in [1.82, 2.24) is 14.3 Å². The Kier molecular flexibility index (Phi) is 4.22. The molecule has 2 heterocycles. The number of rotatable bonds is 5. The molecule has 0 fully saturated rings. The van der Waals surface area contributed by atoms with Crippen molar-refractivity contribution >= 4 is 10.0 Å². The Balaban J connectivity index is 2.17. The van der Waals surface area contributed by atoms with Crippen LogP contribution in [0.1, 0.15) is 16.8 Å². The monoisotopic (exact) mass is 295 g/mol. The highest BCUT2D eigenvalue weighted by atomic mass is 32.2. The predicted molar refractivity (Wildman–Crippen MR) is 74.3 cm³/mol. The minimum atomic E-state index is -3.60. The van der Waals surface area contributed by atoms with E-state index < -0.39 is 10.0 Å². The zero-order chi connectivity index (χ0) is 14.8. The van der Waals surface area contributed by atoms with Gasteiger partial charge in [0.2, 0.25) is 10.0 Å². The average Bonchev–Trinajstić information content (AvgIpc) is 2.80. The number of aliphatic hydroxyl groups excluding tert-OH is 1. The van der Waals surface area contributed by atoms with E-state index >= 15 is 0 Å². The molecule has 0 aliphatic heterocycles. The molecule has 0 saturated carbocycles. The molecule has 2 aromatic heterocycles. The second kappa shape index (κ2) is 5.74. The molecule has 2 rings (SSSR count). The van der Waals surface area contributed by atoms with Crippen LogP contribution < -0.4 is 4.72 Å². The minimum Gasteiger partial charge on any atom is -0.390 e. The van der Waals surface area contributed by atoms with Crippen LogP contribution in [0.15, 0.2) is 35.6 Å². The summed E-state index contributed by atoms with van der Waals surface area (Å²) in [7, 11) is -1.91. The Morgan fingerprint density at radius 2 is 2.20 bits per heavy atom. The second-order valence-corrected chi connectivity index (χ2v) is 6.33. The molecule has 20 heavy (non-hydrogen) atoms. The van der Waals surface area contributed by atoms with E-state index in [0.29, 0.717) is 5.69 Å². The molecule has 0 saturated heterocycles. The summed E-state index contributed by atoms with van der Waals surface area (Å²) in [6.07, 6.45) is 4.78. The Morgan fingerprint density at radius 1 is 1.45 bits per heavy atom. The third-order valence-electron chi connectivity index (χ3n) is 3.16. The van der Waals surface area contributed by atoms with E-state index in [2.05, 4.69) is 9.71 Å². The molecule has 108 valence electrons. The maximum atomic E-state index is 12.2. The van der Waals surface area contributed by atoms with Gasteiger partial charge in [0.25, 0.3) is 0 Å². The van der Waals surface area contributed by atoms with Gasteiger partial charge in [-0.05, 0) is 30.2 Å². The van der Waals surface area contributed by atoms with Crippen molar-refractivity contribution in [3.8, 4) is 0 Å². The van der Waals surface area contributed by atoms with Crippen LogP contribution in [0.3, 0.4) is 0 Å². The number of aryl methyl sites for hydroxylation is 2. The van der Waals surface area contributed by atoms with Crippen molar-refractivity contribution in [2.45, 2.75) is 25.0 Å². The fraction of sp³-hybridized carbons (Fsp3) is 0.308. The van der Waals surface area contributed by atoms with Gasteiger partial charge in [0.1, 0.15) is 0 Å². The molecule has 0 amide bonds. The fourth-order valence-corrected chi connectivity index (χ4v) is 2.92. The van der Waals surface area contributed by atoms with Gasteiger partial charge < -0.3 is 9.67 Å². The molecule has 0 aliphatic carbocycles. The molecular formula is C13H17N3O3S. The van der Waals surface area contributed by atoms with Crippen LogP contribution in [-0.4, -0.2) is 23.1 Å². The van der Waals surface area contributed by atoms with E-state index in [1.165, 1.54) is 12.3 Å². The highest BCUT2D eigenvalue weighted by Gasteiger charge is 2.17. The number of nitrogens with one attached hydrogen (secondary N) is 1.